The number of aromatic nitrogens is 2. The topological polar surface area (TPSA) is 37.8 Å². The predicted molar refractivity (Wildman–Crippen MR) is 83.3 cm³/mol. The largest absolute Gasteiger partial charge is 0.433 e. The molecule has 0 bridgehead atoms. The first-order valence-electron chi connectivity index (χ1n) is 6.79. The number of anilines is 1. The lowest BCUT2D eigenvalue weighted by Crippen LogP contribution is -2.15. The highest BCUT2D eigenvalue weighted by molar-refractivity contribution is 7.09. The fourth-order valence-corrected chi connectivity index (χ4v) is 2.84. The van der Waals surface area contributed by atoms with Gasteiger partial charge in [-0.05, 0) is 17.7 Å². The van der Waals surface area contributed by atoms with Gasteiger partial charge in [-0.25, -0.2) is 9.97 Å². The smallest absolute Gasteiger partial charge is 0.357 e. The van der Waals surface area contributed by atoms with Crippen molar-refractivity contribution >= 4 is 17.2 Å². The summed E-state index contributed by atoms with van der Waals surface area (Å²) in [6.45, 7) is 0. The summed E-state index contributed by atoms with van der Waals surface area (Å²) in [5.74, 6) is 0.156. The normalized spacial score (nSPS) is 12.8. The van der Waals surface area contributed by atoms with Crippen LogP contribution in [-0.4, -0.2) is 9.97 Å². The number of nitrogens with one attached hydrogen (secondary N) is 1. The van der Waals surface area contributed by atoms with Crippen molar-refractivity contribution in [2.24, 2.45) is 0 Å². The van der Waals surface area contributed by atoms with Gasteiger partial charge in [0.2, 0.25) is 0 Å². The number of benzene rings is 1. The van der Waals surface area contributed by atoms with E-state index in [-0.39, 0.29) is 11.9 Å². The van der Waals surface area contributed by atoms with Gasteiger partial charge in [-0.3, -0.25) is 0 Å². The van der Waals surface area contributed by atoms with Crippen molar-refractivity contribution in [1.82, 2.24) is 9.97 Å². The lowest BCUT2D eigenvalue weighted by Gasteiger charge is -2.18. The van der Waals surface area contributed by atoms with E-state index < -0.39 is 11.9 Å². The van der Waals surface area contributed by atoms with Crippen molar-refractivity contribution in [2.75, 3.05) is 5.32 Å². The van der Waals surface area contributed by atoms with Gasteiger partial charge in [0, 0.05) is 11.6 Å². The summed E-state index contributed by atoms with van der Waals surface area (Å²) in [6, 6.07) is 12.9. The molecule has 1 aromatic carbocycles. The van der Waals surface area contributed by atoms with E-state index in [9.17, 15) is 13.2 Å². The summed E-state index contributed by atoms with van der Waals surface area (Å²) in [6.07, 6.45) is -2.81. The van der Waals surface area contributed by atoms with Gasteiger partial charge in [0.05, 0.1) is 0 Å². The molecule has 2 aromatic heterocycles. The molecule has 0 fully saturated rings. The molecule has 0 radical (unpaired) electrons. The Balaban J connectivity index is 1.94. The number of nitrogens with zero attached hydrogens (tertiary/aromatic N) is 2. The number of alkyl halides is 3. The Labute approximate surface area is 134 Å². The molecule has 0 saturated heterocycles. The molecule has 0 spiro atoms. The van der Waals surface area contributed by atoms with E-state index in [2.05, 4.69) is 15.3 Å². The van der Waals surface area contributed by atoms with Crippen LogP contribution in [0.5, 0.6) is 0 Å². The highest BCUT2D eigenvalue weighted by atomic mass is 32.1. The van der Waals surface area contributed by atoms with Crippen LogP contribution in [0.15, 0.2) is 60.1 Å². The fourth-order valence-electron chi connectivity index (χ4n) is 2.13. The Kier molecular flexibility index (Phi) is 4.29. The zero-order chi connectivity index (χ0) is 16.3. The minimum atomic E-state index is -4.47. The summed E-state index contributed by atoms with van der Waals surface area (Å²) in [5, 5.41) is 5.63. The molecule has 0 aliphatic heterocycles. The van der Waals surface area contributed by atoms with E-state index in [1.165, 1.54) is 23.5 Å². The molecule has 2 heterocycles. The highest BCUT2D eigenvalue weighted by Crippen LogP contribution is 2.31. The molecule has 23 heavy (non-hydrogen) atoms. The van der Waals surface area contributed by atoms with Crippen LogP contribution < -0.4 is 5.32 Å². The zero-order valence-corrected chi connectivity index (χ0v) is 12.6. The first kappa shape index (κ1) is 15.5. The Morgan fingerprint density at radius 1 is 1.00 bits per heavy atom. The average Bonchev–Trinajstić information content (AvgIpc) is 3.07. The van der Waals surface area contributed by atoms with Gasteiger partial charge < -0.3 is 5.32 Å². The summed E-state index contributed by atoms with van der Waals surface area (Å²) in [4.78, 5) is 7.93. The van der Waals surface area contributed by atoms with E-state index >= 15 is 0 Å². The van der Waals surface area contributed by atoms with Gasteiger partial charge in [0.25, 0.3) is 0 Å². The number of thiazole rings is 1. The second kappa shape index (κ2) is 6.37. The molecule has 3 nitrogen and oxygen atoms in total. The second-order valence-corrected chi connectivity index (χ2v) is 5.69. The monoisotopic (exact) mass is 335 g/mol. The second-order valence-electron chi connectivity index (χ2n) is 4.76. The Hall–Kier alpha value is -2.41. The van der Waals surface area contributed by atoms with Crippen LogP contribution in [-0.2, 0) is 6.18 Å². The van der Waals surface area contributed by atoms with Gasteiger partial charge in [-0.15, -0.1) is 11.3 Å². The number of rotatable bonds is 4. The van der Waals surface area contributed by atoms with Crippen LogP contribution in [0, 0.1) is 0 Å². The molecule has 0 amide bonds. The van der Waals surface area contributed by atoms with Gasteiger partial charge >= 0.3 is 6.18 Å². The molecule has 1 atom stereocenters. The molecule has 7 heteroatoms. The van der Waals surface area contributed by atoms with Gasteiger partial charge in [-0.1, -0.05) is 36.4 Å². The van der Waals surface area contributed by atoms with E-state index in [1.54, 1.807) is 6.20 Å². The van der Waals surface area contributed by atoms with Crippen LogP contribution >= 0.6 is 11.3 Å². The third kappa shape index (κ3) is 3.68. The molecule has 0 aliphatic carbocycles. The summed E-state index contributed by atoms with van der Waals surface area (Å²) in [7, 11) is 0. The third-order valence-corrected chi connectivity index (χ3v) is 4.00. The van der Waals surface area contributed by atoms with Gasteiger partial charge in [0.15, 0.2) is 0 Å². The number of halogens is 3. The zero-order valence-electron chi connectivity index (χ0n) is 11.8. The molecule has 3 aromatic rings. The molecular formula is C16H12F3N3S. The molecule has 0 saturated carbocycles. The van der Waals surface area contributed by atoms with Crippen LogP contribution in [0.3, 0.4) is 0 Å². The molecule has 0 aliphatic rings. The molecule has 1 N–H and O–H groups in total. The molecule has 118 valence electrons. The van der Waals surface area contributed by atoms with Crippen molar-refractivity contribution in [3.63, 3.8) is 0 Å². The van der Waals surface area contributed by atoms with Crippen molar-refractivity contribution < 1.29 is 13.2 Å². The number of hydrogen-bond donors (Lipinski definition) is 1. The lowest BCUT2D eigenvalue weighted by atomic mass is 10.1. The SMILES string of the molecule is FC(F)(F)c1cccc(NC(c2ccccc2)c2nccs2)n1. The predicted octanol–water partition coefficient (Wildman–Crippen LogP) is 4.76. The van der Waals surface area contributed by atoms with Crippen LogP contribution in [0.4, 0.5) is 19.0 Å². The summed E-state index contributed by atoms with van der Waals surface area (Å²) >= 11 is 1.43. The van der Waals surface area contributed by atoms with Crippen LogP contribution in [0.25, 0.3) is 0 Å². The third-order valence-electron chi connectivity index (χ3n) is 3.16. The van der Waals surface area contributed by atoms with E-state index in [0.717, 1.165) is 16.6 Å². The van der Waals surface area contributed by atoms with Gasteiger partial charge in [-0.2, -0.15) is 13.2 Å². The molecular weight excluding hydrogens is 323 g/mol. The summed E-state index contributed by atoms with van der Waals surface area (Å²) in [5.41, 5.74) is -0.0184. The maximum Gasteiger partial charge on any atom is 0.433 e. The van der Waals surface area contributed by atoms with Crippen molar-refractivity contribution in [2.45, 2.75) is 12.2 Å². The van der Waals surface area contributed by atoms with E-state index in [4.69, 9.17) is 0 Å². The minimum Gasteiger partial charge on any atom is -0.357 e. The van der Waals surface area contributed by atoms with Crippen LogP contribution in [0.2, 0.25) is 0 Å². The van der Waals surface area contributed by atoms with Gasteiger partial charge in [0.1, 0.15) is 22.6 Å². The Morgan fingerprint density at radius 2 is 1.78 bits per heavy atom. The Bertz CT molecular complexity index is 758. The highest BCUT2D eigenvalue weighted by Gasteiger charge is 2.32. The fraction of sp³-hybridized carbons (Fsp3) is 0.125. The average molecular weight is 335 g/mol. The van der Waals surface area contributed by atoms with E-state index in [1.807, 2.05) is 35.7 Å². The minimum absolute atomic E-state index is 0.156. The van der Waals surface area contributed by atoms with Crippen LogP contribution in [0.1, 0.15) is 22.3 Å². The Morgan fingerprint density at radius 3 is 2.43 bits per heavy atom. The quantitative estimate of drug-likeness (QED) is 0.747. The summed E-state index contributed by atoms with van der Waals surface area (Å²) < 4.78 is 38.4. The molecule has 3 rings (SSSR count). The maximum atomic E-state index is 12.8. The molecule has 1 unspecified atom stereocenters. The van der Waals surface area contributed by atoms with Crippen molar-refractivity contribution in [3.8, 4) is 0 Å². The standard InChI is InChI=1S/C16H12F3N3S/c17-16(18,19)12-7-4-8-13(21-12)22-14(15-20-9-10-23-15)11-5-2-1-3-6-11/h1-10,14H,(H,21,22). The number of hydrogen-bond acceptors (Lipinski definition) is 4. The van der Waals surface area contributed by atoms with E-state index in [0.29, 0.717) is 0 Å². The lowest BCUT2D eigenvalue weighted by molar-refractivity contribution is -0.141. The maximum absolute atomic E-state index is 12.8. The van der Waals surface area contributed by atoms with Crippen molar-refractivity contribution in [1.29, 1.82) is 0 Å². The first-order chi connectivity index (χ1) is 11.0. The number of pyridine rings is 1. The van der Waals surface area contributed by atoms with Crippen molar-refractivity contribution in [3.05, 3.63) is 76.4 Å². The first-order valence-corrected chi connectivity index (χ1v) is 7.67.